The highest BCUT2D eigenvalue weighted by Gasteiger charge is 2.23. The second-order valence-corrected chi connectivity index (χ2v) is 6.55. The van der Waals surface area contributed by atoms with Gasteiger partial charge in [0.15, 0.2) is 0 Å². The monoisotopic (exact) mass is 326 g/mol. The lowest BCUT2D eigenvalue weighted by Crippen LogP contribution is -2.12. The summed E-state index contributed by atoms with van der Waals surface area (Å²) in [6.07, 6.45) is 0. The topological polar surface area (TPSA) is 52.6 Å². The predicted molar refractivity (Wildman–Crippen MR) is 81.7 cm³/mol. The molecule has 0 atom stereocenters. The maximum absolute atomic E-state index is 12.4. The number of rotatable bonds is 4. The van der Waals surface area contributed by atoms with Gasteiger partial charge in [-0.15, -0.1) is 0 Å². The molecule has 2 aromatic carbocycles. The van der Waals surface area contributed by atoms with Gasteiger partial charge < -0.3 is 8.92 Å². The normalized spacial score (nSPS) is 11.2. The van der Waals surface area contributed by atoms with Crippen LogP contribution in [-0.2, 0) is 10.1 Å². The molecule has 0 fully saturated rings. The van der Waals surface area contributed by atoms with Crippen LogP contribution in [0.2, 0.25) is 5.02 Å². The third-order valence-corrected chi connectivity index (χ3v) is 4.42. The van der Waals surface area contributed by atoms with Gasteiger partial charge in [0.2, 0.25) is 0 Å². The third-order valence-electron chi connectivity index (χ3n) is 2.92. The Bertz CT molecular complexity index is 769. The maximum atomic E-state index is 12.4. The molecule has 112 valence electrons. The predicted octanol–water partition coefficient (Wildman–Crippen LogP) is 3.73. The summed E-state index contributed by atoms with van der Waals surface area (Å²) in [5.41, 5.74) is 1.76. The molecule has 0 saturated heterocycles. The molecule has 0 aliphatic heterocycles. The van der Waals surface area contributed by atoms with Crippen molar-refractivity contribution in [1.29, 1.82) is 0 Å². The minimum absolute atomic E-state index is 0.0996. The van der Waals surface area contributed by atoms with Crippen LogP contribution in [0.25, 0.3) is 0 Å². The van der Waals surface area contributed by atoms with Crippen molar-refractivity contribution in [3.05, 3.63) is 52.5 Å². The summed E-state index contributed by atoms with van der Waals surface area (Å²) >= 11 is 5.86. The van der Waals surface area contributed by atoms with Gasteiger partial charge in [-0.05, 0) is 43.7 Å². The van der Waals surface area contributed by atoms with Crippen molar-refractivity contribution in [3.8, 4) is 11.5 Å². The second kappa shape index (κ2) is 5.95. The van der Waals surface area contributed by atoms with Gasteiger partial charge in [-0.3, -0.25) is 0 Å². The Balaban J connectivity index is 2.45. The Morgan fingerprint density at radius 3 is 2.29 bits per heavy atom. The van der Waals surface area contributed by atoms with Crippen molar-refractivity contribution in [2.24, 2.45) is 0 Å². The number of halogens is 1. The lowest BCUT2D eigenvalue weighted by Gasteiger charge is -2.12. The van der Waals surface area contributed by atoms with Crippen molar-refractivity contribution in [2.45, 2.75) is 18.7 Å². The first-order valence-corrected chi connectivity index (χ1v) is 7.97. The molecule has 0 N–H and O–H groups in total. The molecule has 0 aliphatic rings. The first-order chi connectivity index (χ1) is 9.83. The van der Waals surface area contributed by atoms with E-state index in [0.717, 1.165) is 11.1 Å². The zero-order chi connectivity index (χ0) is 15.6. The number of hydrogen-bond acceptors (Lipinski definition) is 4. The van der Waals surface area contributed by atoms with E-state index in [1.807, 2.05) is 13.0 Å². The fourth-order valence-corrected chi connectivity index (χ4v) is 3.32. The largest absolute Gasteiger partial charge is 0.495 e. The van der Waals surface area contributed by atoms with Crippen LogP contribution >= 0.6 is 11.6 Å². The van der Waals surface area contributed by atoms with Crippen molar-refractivity contribution in [1.82, 2.24) is 0 Å². The molecule has 0 aromatic heterocycles. The molecule has 0 amide bonds. The van der Waals surface area contributed by atoms with Crippen LogP contribution in [0.1, 0.15) is 11.1 Å². The zero-order valence-corrected chi connectivity index (χ0v) is 13.5. The standard InChI is InChI=1S/C15H15ClO4S/c1-10-4-6-13(11(2)8-10)20-21(17,18)15-9-12(16)5-7-14(15)19-3/h4-9H,1-3H3. The zero-order valence-electron chi connectivity index (χ0n) is 11.9. The van der Waals surface area contributed by atoms with E-state index < -0.39 is 10.1 Å². The van der Waals surface area contributed by atoms with Crippen molar-refractivity contribution in [2.75, 3.05) is 7.11 Å². The van der Waals surface area contributed by atoms with E-state index in [-0.39, 0.29) is 16.4 Å². The van der Waals surface area contributed by atoms with Crippen LogP contribution in [0.4, 0.5) is 0 Å². The Morgan fingerprint density at radius 1 is 1.00 bits per heavy atom. The van der Waals surface area contributed by atoms with Crippen molar-refractivity contribution >= 4 is 21.7 Å². The van der Waals surface area contributed by atoms with Gasteiger partial charge in [0.05, 0.1) is 7.11 Å². The molecule has 0 unspecified atom stereocenters. The van der Waals surface area contributed by atoms with E-state index in [9.17, 15) is 8.42 Å². The molecule has 0 aliphatic carbocycles. The summed E-state index contributed by atoms with van der Waals surface area (Å²) in [6.45, 7) is 3.71. The van der Waals surface area contributed by atoms with Crippen LogP contribution in [0, 0.1) is 13.8 Å². The number of aryl methyl sites for hydroxylation is 2. The molecule has 0 spiro atoms. The van der Waals surface area contributed by atoms with Gasteiger partial charge >= 0.3 is 10.1 Å². The molecular formula is C15H15ClO4S. The quantitative estimate of drug-likeness (QED) is 0.803. The molecule has 0 radical (unpaired) electrons. The second-order valence-electron chi connectivity index (χ2n) is 4.60. The molecule has 21 heavy (non-hydrogen) atoms. The van der Waals surface area contributed by atoms with Crippen molar-refractivity contribution < 1.29 is 17.3 Å². The molecule has 6 heteroatoms. The van der Waals surface area contributed by atoms with E-state index in [0.29, 0.717) is 5.02 Å². The Kier molecular flexibility index (Phi) is 4.44. The number of hydrogen-bond donors (Lipinski definition) is 0. The SMILES string of the molecule is COc1ccc(Cl)cc1S(=O)(=O)Oc1ccc(C)cc1C. The van der Waals surface area contributed by atoms with E-state index in [1.54, 1.807) is 25.1 Å². The summed E-state index contributed by atoms with van der Waals surface area (Å²) in [5.74, 6) is 0.465. The lowest BCUT2D eigenvalue weighted by atomic mass is 10.1. The first-order valence-electron chi connectivity index (χ1n) is 6.19. The Morgan fingerprint density at radius 2 is 1.67 bits per heavy atom. The minimum Gasteiger partial charge on any atom is -0.495 e. The Labute approximate surface area is 129 Å². The highest BCUT2D eigenvalue weighted by atomic mass is 35.5. The molecular weight excluding hydrogens is 312 g/mol. The smallest absolute Gasteiger partial charge is 0.342 e. The van der Waals surface area contributed by atoms with Crippen LogP contribution in [-0.4, -0.2) is 15.5 Å². The van der Waals surface area contributed by atoms with E-state index >= 15 is 0 Å². The van der Waals surface area contributed by atoms with Gasteiger partial charge in [-0.25, -0.2) is 0 Å². The molecule has 2 aromatic rings. The minimum atomic E-state index is -4.02. The van der Waals surface area contributed by atoms with Gasteiger partial charge in [-0.2, -0.15) is 8.42 Å². The number of methoxy groups -OCH3 is 1. The molecule has 4 nitrogen and oxygen atoms in total. The Hall–Kier alpha value is -1.72. The summed E-state index contributed by atoms with van der Waals surface area (Å²) in [5, 5.41) is 0.290. The van der Waals surface area contributed by atoms with Crippen molar-refractivity contribution in [3.63, 3.8) is 0 Å². The number of ether oxygens (including phenoxy) is 1. The summed E-state index contributed by atoms with van der Waals surface area (Å²) in [4.78, 5) is -0.0996. The molecule has 0 saturated carbocycles. The van der Waals surface area contributed by atoms with Gasteiger partial charge in [0.1, 0.15) is 16.4 Å². The molecule has 0 bridgehead atoms. The fraction of sp³-hybridized carbons (Fsp3) is 0.200. The van der Waals surface area contributed by atoms with E-state index in [2.05, 4.69) is 0 Å². The summed E-state index contributed by atoms with van der Waals surface area (Å²) < 4.78 is 35.1. The average Bonchev–Trinajstić information content (AvgIpc) is 2.42. The van der Waals surface area contributed by atoms with Gasteiger partial charge in [0.25, 0.3) is 0 Å². The molecule has 0 heterocycles. The van der Waals surface area contributed by atoms with Crippen LogP contribution in [0.5, 0.6) is 11.5 Å². The highest BCUT2D eigenvalue weighted by molar-refractivity contribution is 7.87. The van der Waals surface area contributed by atoms with Gasteiger partial charge in [-0.1, -0.05) is 29.3 Å². The first kappa shape index (κ1) is 15.7. The summed E-state index contributed by atoms with van der Waals surface area (Å²) in [7, 11) is -2.64. The number of benzene rings is 2. The van der Waals surface area contributed by atoms with Crippen LogP contribution in [0.15, 0.2) is 41.3 Å². The lowest BCUT2D eigenvalue weighted by molar-refractivity contribution is 0.398. The van der Waals surface area contributed by atoms with Crippen LogP contribution < -0.4 is 8.92 Å². The fourth-order valence-electron chi connectivity index (χ4n) is 1.90. The average molecular weight is 327 g/mol. The summed E-state index contributed by atoms with van der Waals surface area (Å²) in [6, 6.07) is 9.60. The van der Waals surface area contributed by atoms with E-state index in [1.165, 1.54) is 19.2 Å². The highest BCUT2D eigenvalue weighted by Crippen LogP contribution is 2.30. The van der Waals surface area contributed by atoms with Crippen LogP contribution in [0.3, 0.4) is 0 Å². The van der Waals surface area contributed by atoms with Gasteiger partial charge in [0, 0.05) is 5.02 Å². The molecule has 2 rings (SSSR count). The third kappa shape index (κ3) is 3.49. The maximum Gasteiger partial charge on any atom is 0.342 e. The van der Waals surface area contributed by atoms with E-state index in [4.69, 9.17) is 20.5 Å².